The normalized spacial score (nSPS) is 18.4. The second kappa shape index (κ2) is 4.68. The minimum atomic E-state index is -1.40. The van der Waals surface area contributed by atoms with E-state index in [1.165, 1.54) is 0 Å². The van der Waals surface area contributed by atoms with Crippen LogP contribution < -0.4 is 11.1 Å². The first-order valence-corrected chi connectivity index (χ1v) is 5.94. The van der Waals surface area contributed by atoms with Crippen molar-refractivity contribution in [1.29, 1.82) is 0 Å². The molecule has 4 N–H and O–H groups in total. The fourth-order valence-corrected chi connectivity index (χ4v) is 2.50. The number of amides is 2. The monoisotopic (exact) mass is 248 g/mol. The third-order valence-electron chi connectivity index (χ3n) is 3.60. The van der Waals surface area contributed by atoms with Crippen molar-refractivity contribution in [3.05, 3.63) is 35.9 Å². The van der Waals surface area contributed by atoms with E-state index in [2.05, 4.69) is 5.32 Å². The summed E-state index contributed by atoms with van der Waals surface area (Å²) in [6.45, 7) is 0. The summed E-state index contributed by atoms with van der Waals surface area (Å²) in [5.41, 5.74) is 4.33. The number of aliphatic carboxylic acids is 1. The minimum absolute atomic E-state index is 0.107. The number of carbonyl (C=O) groups excluding carboxylic acids is 1. The molecule has 1 aromatic rings. The molecule has 1 unspecified atom stereocenters. The zero-order valence-corrected chi connectivity index (χ0v) is 9.93. The lowest BCUT2D eigenvalue weighted by Crippen LogP contribution is -2.59. The summed E-state index contributed by atoms with van der Waals surface area (Å²) in [6, 6.07) is 7.93. The quantitative estimate of drug-likeness (QED) is 0.752. The molecule has 96 valence electrons. The number of nitrogens with one attached hydrogen (secondary N) is 1. The van der Waals surface area contributed by atoms with Crippen LogP contribution in [-0.2, 0) is 10.3 Å². The van der Waals surface area contributed by atoms with Gasteiger partial charge in [-0.2, -0.15) is 0 Å². The molecule has 1 saturated carbocycles. The van der Waals surface area contributed by atoms with Gasteiger partial charge in [0.05, 0.1) is 0 Å². The zero-order valence-electron chi connectivity index (χ0n) is 9.93. The van der Waals surface area contributed by atoms with E-state index in [1.54, 1.807) is 30.3 Å². The van der Waals surface area contributed by atoms with Crippen LogP contribution in [0.1, 0.15) is 24.8 Å². The summed E-state index contributed by atoms with van der Waals surface area (Å²) in [6.07, 6.45) is 2.54. The van der Waals surface area contributed by atoms with Gasteiger partial charge in [0.2, 0.25) is 0 Å². The van der Waals surface area contributed by atoms with Gasteiger partial charge in [-0.05, 0) is 24.3 Å². The maximum absolute atomic E-state index is 11.7. The Morgan fingerprint density at radius 1 is 1.28 bits per heavy atom. The topological polar surface area (TPSA) is 92.4 Å². The molecule has 0 saturated heterocycles. The molecule has 0 spiro atoms. The molecule has 0 bridgehead atoms. The Kier molecular flexibility index (Phi) is 3.23. The van der Waals surface area contributed by atoms with Crippen LogP contribution in [0.15, 0.2) is 30.3 Å². The molecular weight excluding hydrogens is 232 g/mol. The average molecular weight is 248 g/mol. The fraction of sp³-hybridized carbons (Fsp3) is 0.385. The minimum Gasteiger partial charge on any atom is -0.479 e. The van der Waals surface area contributed by atoms with Crippen molar-refractivity contribution >= 4 is 12.0 Å². The highest BCUT2D eigenvalue weighted by atomic mass is 16.4. The van der Waals surface area contributed by atoms with E-state index in [0.717, 1.165) is 19.3 Å². The van der Waals surface area contributed by atoms with Crippen LogP contribution in [0, 0.1) is 5.92 Å². The number of primary amides is 1. The number of hydrogen-bond acceptors (Lipinski definition) is 2. The van der Waals surface area contributed by atoms with Gasteiger partial charge in [-0.3, -0.25) is 0 Å². The predicted octanol–water partition coefficient (Wildman–Crippen LogP) is 1.43. The molecule has 18 heavy (non-hydrogen) atoms. The molecular formula is C13H16N2O3. The first kappa shape index (κ1) is 12.4. The summed E-state index contributed by atoms with van der Waals surface area (Å²) in [5.74, 6) is -1.16. The Balaban J connectivity index is 2.48. The van der Waals surface area contributed by atoms with Crippen LogP contribution in [0.4, 0.5) is 4.79 Å². The number of hydrogen-bond donors (Lipinski definition) is 3. The molecule has 0 heterocycles. The van der Waals surface area contributed by atoms with Crippen molar-refractivity contribution in [2.24, 2.45) is 11.7 Å². The molecule has 0 aromatic heterocycles. The van der Waals surface area contributed by atoms with Crippen LogP contribution in [0.2, 0.25) is 0 Å². The Morgan fingerprint density at radius 2 is 1.89 bits per heavy atom. The summed E-state index contributed by atoms with van der Waals surface area (Å²) >= 11 is 0. The summed E-state index contributed by atoms with van der Waals surface area (Å²) in [5, 5.41) is 12.0. The lowest BCUT2D eigenvalue weighted by molar-refractivity contribution is -0.149. The summed E-state index contributed by atoms with van der Waals surface area (Å²) < 4.78 is 0. The first-order valence-electron chi connectivity index (χ1n) is 5.94. The average Bonchev–Trinajstić information content (AvgIpc) is 2.25. The van der Waals surface area contributed by atoms with Crippen LogP contribution in [0.25, 0.3) is 0 Å². The smallest absolute Gasteiger partial charge is 0.334 e. The van der Waals surface area contributed by atoms with Crippen LogP contribution >= 0.6 is 0 Å². The summed E-state index contributed by atoms with van der Waals surface area (Å²) in [7, 11) is 0. The third-order valence-corrected chi connectivity index (χ3v) is 3.60. The van der Waals surface area contributed by atoms with Crippen LogP contribution in [0.5, 0.6) is 0 Å². The number of carboxylic acid groups (broad SMARTS) is 1. The van der Waals surface area contributed by atoms with Crippen molar-refractivity contribution in [3.63, 3.8) is 0 Å². The third kappa shape index (κ3) is 1.92. The number of benzene rings is 1. The molecule has 0 aliphatic heterocycles. The van der Waals surface area contributed by atoms with Crippen LogP contribution in [-0.4, -0.2) is 17.1 Å². The lowest BCUT2D eigenvalue weighted by Gasteiger charge is -2.42. The van der Waals surface area contributed by atoms with Gasteiger partial charge >= 0.3 is 12.0 Å². The van der Waals surface area contributed by atoms with Crippen molar-refractivity contribution in [2.75, 3.05) is 0 Å². The van der Waals surface area contributed by atoms with Gasteiger partial charge in [0.25, 0.3) is 0 Å². The van der Waals surface area contributed by atoms with Gasteiger partial charge in [0, 0.05) is 0 Å². The van der Waals surface area contributed by atoms with Gasteiger partial charge in [0.15, 0.2) is 5.54 Å². The molecule has 1 aromatic carbocycles. The summed E-state index contributed by atoms with van der Waals surface area (Å²) in [4.78, 5) is 22.9. The number of urea groups is 1. The molecule has 1 aliphatic carbocycles. The lowest BCUT2D eigenvalue weighted by atomic mass is 9.67. The molecule has 2 rings (SSSR count). The van der Waals surface area contributed by atoms with Gasteiger partial charge in [0.1, 0.15) is 0 Å². The number of carboxylic acids is 1. The molecule has 1 atom stereocenters. The number of rotatable bonds is 4. The van der Waals surface area contributed by atoms with Crippen molar-refractivity contribution < 1.29 is 14.7 Å². The molecule has 0 radical (unpaired) electrons. The molecule has 1 aliphatic rings. The van der Waals surface area contributed by atoms with E-state index in [0.29, 0.717) is 5.56 Å². The van der Waals surface area contributed by atoms with E-state index in [1.807, 2.05) is 0 Å². The van der Waals surface area contributed by atoms with E-state index < -0.39 is 17.5 Å². The largest absolute Gasteiger partial charge is 0.479 e. The molecule has 5 nitrogen and oxygen atoms in total. The molecule has 2 amide bonds. The van der Waals surface area contributed by atoms with Crippen molar-refractivity contribution in [3.8, 4) is 0 Å². The van der Waals surface area contributed by atoms with E-state index in [-0.39, 0.29) is 5.92 Å². The second-order valence-corrected chi connectivity index (χ2v) is 4.60. The highest BCUT2D eigenvalue weighted by Crippen LogP contribution is 2.42. The molecule has 5 heteroatoms. The van der Waals surface area contributed by atoms with Gasteiger partial charge in [-0.1, -0.05) is 36.8 Å². The van der Waals surface area contributed by atoms with Crippen LogP contribution in [0.3, 0.4) is 0 Å². The Morgan fingerprint density at radius 3 is 2.28 bits per heavy atom. The van der Waals surface area contributed by atoms with E-state index in [4.69, 9.17) is 5.73 Å². The van der Waals surface area contributed by atoms with E-state index in [9.17, 15) is 14.7 Å². The van der Waals surface area contributed by atoms with Gasteiger partial charge < -0.3 is 16.2 Å². The fourth-order valence-electron chi connectivity index (χ4n) is 2.50. The Hall–Kier alpha value is -2.04. The molecule has 1 fully saturated rings. The highest BCUT2D eigenvalue weighted by Gasteiger charge is 2.50. The first-order chi connectivity index (χ1) is 8.57. The maximum atomic E-state index is 11.7. The predicted molar refractivity (Wildman–Crippen MR) is 65.8 cm³/mol. The number of carbonyl (C=O) groups is 2. The Labute approximate surface area is 105 Å². The van der Waals surface area contributed by atoms with E-state index >= 15 is 0 Å². The maximum Gasteiger partial charge on any atom is 0.334 e. The number of nitrogens with two attached hydrogens (primary N) is 1. The van der Waals surface area contributed by atoms with Gasteiger partial charge in [-0.15, -0.1) is 0 Å². The standard InChI is InChI=1S/C13H16N2O3/c14-12(18)15-13(11(16)17,10-7-4-8-10)9-5-2-1-3-6-9/h1-3,5-6,10H,4,7-8H2,(H,16,17)(H3,14,15,18). The SMILES string of the molecule is NC(=O)NC(C(=O)O)(c1ccccc1)C1CCC1. The Bertz CT molecular complexity index is 457. The van der Waals surface area contributed by atoms with Gasteiger partial charge in [-0.25, -0.2) is 9.59 Å². The van der Waals surface area contributed by atoms with Crippen molar-refractivity contribution in [2.45, 2.75) is 24.8 Å². The zero-order chi connectivity index (χ0) is 13.2. The highest BCUT2D eigenvalue weighted by molar-refractivity contribution is 5.87. The second-order valence-electron chi connectivity index (χ2n) is 4.60. The van der Waals surface area contributed by atoms with Crippen molar-refractivity contribution in [1.82, 2.24) is 5.32 Å².